The molecule has 0 aliphatic rings. The predicted octanol–water partition coefficient (Wildman–Crippen LogP) is 2.10. The van der Waals surface area contributed by atoms with Crippen LogP contribution in [0.2, 0.25) is 0 Å². The van der Waals surface area contributed by atoms with E-state index in [1.165, 1.54) is 0 Å². The highest BCUT2D eigenvalue weighted by Gasteiger charge is 2.23. The fourth-order valence-corrected chi connectivity index (χ4v) is 2.02. The van der Waals surface area contributed by atoms with Crippen LogP contribution in [-0.2, 0) is 14.4 Å². The zero-order chi connectivity index (χ0) is 18.5. The Hall–Kier alpha value is -2.37. The fourth-order valence-electron chi connectivity index (χ4n) is 2.02. The van der Waals surface area contributed by atoms with Crippen LogP contribution < -0.4 is 10.6 Å². The van der Waals surface area contributed by atoms with Crippen LogP contribution in [0.15, 0.2) is 18.2 Å². The second-order valence-corrected chi connectivity index (χ2v) is 6.94. The van der Waals surface area contributed by atoms with Gasteiger partial charge in [0.1, 0.15) is 0 Å². The van der Waals surface area contributed by atoms with E-state index < -0.39 is 23.3 Å². The number of carboxylic acid groups (broad SMARTS) is 1. The first-order chi connectivity index (χ1) is 11.0. The third kappa shape index (κ3) is 5.68. The number of hydrogen-bond acceptors (Lipinski definition) is 3. The molecule has 6 heteroatoms. The van der Waals surface area contributed by atoms with Crippen molar-refractivity contribution >= 4 is 17.8 Å². The van der Waals surface area contributed by atoms with Crippen molar-refractivity contribution in [3.05, 3.63) is 34.9 Å². The van der Waals surface area contributed by atoms with E-state index in [-0.39, 0.29) is 18.9 Å². The van der Waals surface area contributed by atoms with Gasteiger partial charge in [-0.2, -0.15) is 0 Å². The van der Waals surface area contributed by atoms with E-state index in [9.17, 15) is 19.5 Å². The molecule has 0 aliphatic carbocycles. The summed E-state index contributed by atoms with van der Waals surface area (Å²) in [5.41, 5.74) is 2.02. The summed E-state index contributed by atoms with van der Waals surface area (Å²) in [5.74, 6) is -1.69. The maximum absolute atomic E-state index is 12.0. The van der Waals surface area contributed by atoms with E-state index in [0.717, 1.165) is 11.1 Å². The lowest BCUT2D eigenvalue weighted by atomic mass is 9.96. The van der Waals surface area contributed by atoms with Crippen molar-refractivity contribution in [2.45, 2.75) is 47.1 Å². The molecule has 6 nitrogen and oxygen atoms in total. The number of carbonyl (C=O) groups excluding carboxylic acids is 2. The van der Waals surface area contributed by atoms with Gasteiger partial charge in [0.25, 0.3) is 0 Å². The number of aliphatic carboxylic acids is 1. The van der Waals surface area contributed by atoms with E-state index in [2.05, 4.69) is 10.6 Å². The molecule has 1 unspecified atom stereocenters. The number of nitrogens with one attached hydrogen (secondary N) is 2. The van der Waals surface area contributed by atoms with Crippen molar-refractivity contribution in [3.8, 4) is 0 Å². The van der Waals surface area contributed by atoms with Gasteiger partial charge in [-0.1, -0.05) is 39.0 Å². The number of aryl methyl sites for hydroxylation is 2. The Kier molecular flexibility index (Phi) is 6.51. The van der Waals surface area contributed by atoms with Crippen LogP contribution in [0.3, 0.4) is 0 Å². The van der Waals surface area contributed by atoms with Gasteiger partial charge in [0, 0.05) is 18.4 Å². The summed E-state index contributed by atoms with van der Waals surface area (Å²) in [6.07, 6.45) is 0.0242. The Labute approximate surface area is 142 Å². The normalized spacial score (nSPS) is 12.4. The van der Waals surface area contributed by atoms with Crippen LogP contribution in [-0.4, -0.2) is 29.4 Å². The van der Waals surface area contributed by atoms with Gasteiger partial charge in [0.2, 0.25) is 11.8 Å². The van der Waals surface area contributed by atoms with Gasteiger partial charge in [-0.3, -0.25) is 9.59 Å². The van der Waals surface area contributed by atoms with E-state index in [0.29, 0.717) is 5.56 Å². The van der Waals surface area contributed by atoms with Crippen LogP contribution in [0.1, 0.15) is 49.9 Å². The molecule has 0 saturated heterocycles. The molecule has 1 aromatic carbocycles. The molecule has 1 atom stereocenters. The summed E-state index contributed by atoms with van der Waals surface area (Å²) in [7, 11) is 0. The van der Waals surface area contributed by atoms with Gasteiger partial charge in [0.15, 0.2) is 6.04 Å². The predicted molar refractivity (Wildman–Crippen MR) is 91.5 cm³/mol. The van der Waals surface area contributed by atoms with E-state index >= 15 is 0 Å². The monoisotopic (exact) mass is 334 g/mol. The van der Waals surface area contributed by atoms with Crippen LogP contribution in [0.4, 0.5) is 0 Å². The largest absolute Gasteiger partial charge is 0.479 e. The maximum Gasteiger partial charge on any atom is 0.330 e. The fraction of sp³-hybridized carbons (Fsp3) is 0.500. The minimum Gasteiger partial charge on any atom is -0.479 e. The highest BCUT2D eigenvalue weighted by molar-refractivity contribution is 5.85. The molecule has 0 radical (unpaired) electrons. The summed E-state index contributed by atoms with van der Waals surface area (Å²) < 4.78 is 0. The quantitative estimate of drug-likeness (QED) is 0.742. The molecule has 1 rings (SSSR count). The van der Waals surface area contributed by atoms with Crippen LogP contribution in [0.25, 0.3) is 0 Å². The van der Waals surface area contributed by atoms with Gasteiger partial charge in [-0.05, 0) is 30.5 Å². The third-order valence-corrected chi connectivity index (χ3v) is 3.74. The SMILES string of the molecule is Cc1ccc(C(NC(=O)CCNC(=O)C(C)(C)C)C(=O)O)cc1C. The van der Waals surface area contributed by atoms with Crippen LogP contribution in [0, 0.1) is 19.3 Å². The minimum atomic E-state index is -1.12. The molecular weight excluding hydrogens is 308 g/mol. The molecule has 1 aromatic rings. The van der Waals surface area contributed by atoms with E-state index in [4.69, 9.17) is 0 Å². The average molecular weight is 334 g/mol. The van der Waals surface area contributed by atoms with Crippen molar-refractivity contribution in [2.75, 3.05) is 6.54 Å². The van der Waals surface area contributed by atoms with Crippen molar-refractivity contribution in [2.24, 2.45) is 5.41 Å². The molecule has 0 saturated carbocycles. The van der Waals surface area contributed by atoms with E-state index in [1.807, 2.05) is 19.9 Å². The number of rotatable bonds is 6. The molecule has 0 fully saturated rings. The lowest BCUT2D eigenvalue weighted by Gasteiger charge is -2.18. The molecule has 132 valence electrons. The molecule has 0 aliphatic heterocycles. The lowest BCUT2D eigenvalue weighted by Crippen LogP contribution is -2.39. The second kappa shape index (κ2) is 7.95. The standard InChI is InChI=1S/C18H26N2O4/c1-11-6-7-13(10-12(11)2)15(16(22)23)20-14(21)8-9-19-17(24)18(3,4)5/h6-7,10,15H,8-9H2,1-5H3,(H,19,24)(H,20,21)(H,22,23). The number of carbonyl (C=O) groups is 3. The first-order valence-corrected chi connectivity index (χ1v) is 7.90. The molecule has 0 bridgehead atoms. The molecule has 0 heterocycles. The number of hydrogen-bond donors (Lipinski definition) is 3. The van der Waals surface area contributed by atoms with Crippen molar-refractivity contribution in [1.29, 1.82) is 0 Å². The average Bonchev–Trinajstić information content (AvgIpc) is 2.46. The first-order valence-electron chi connectivity index (χ1n) is 7.90. The Balaban J connectivity index is 2.66. The molecule has 2 amide bonds. The van der Waals surface area contributed by atoms with Gasteiger partial charge in [-0.15, -0.1) is 0 Å². The van der Waals surface area contributed by atoms with Crippen LogP contribution >= 0.6 is 0 Å². The van der Waals surface area contributed by atoms with Crippen molar-refractivity contribution in [3.63, 3.8) is 0 Å². The summed E-state index contributed by atoms with van der Waals surface area (Å²) in [5, 5.41) is 14.5. The molecule has 0 spiro atoms. The highest BCUT2D eigenvalue weighted by atomic mass is 16.4. The summed E-state index contributed by atoms with van der Waals surface area (Å²) in [4.78, 5) is 35.2. The molecular formula is C18H26N2O4. The van der Waals surface area contributed by atoms with Crippen molar-refractivity contribution in [1.82, 2.24) is 10.6 Å². The Morgan fingerprint density at radius 2 is 1.75 bits per heavy atom. The third-order valence-electron chi connectivity index (χ3n) is 3.74. The highest BCUT2D eigenvalue weighted by Crippen LogP contribution is 2.18. The minimum absolute atomic E-state index is 0.0242. The zero-order valence-electron chi connectivity index (χ0n) is 14.9. The first kappa shape index (κ1) is 19.7. The topological polar surface area (TPSA) is 95.5 Å². The second-order valence-electron chi connectivity index (χ2n) is 6.94. The molecule has 24 heavy (non-hydrogen) atoms. The smallest absolute Gasteiger partial charge is 0.330 e. The van der Waals surface area contributed by atoms with Gasteiger partial charge in [-0.25, -0.2) is 4.79 Å². The van der Waals surface area contributed by atoms with E-state index in [1.54, 1.807) is 32.9 Å². The van der Waals surface area contributed by atoms with Crippen molar-refractivity contribution < 1.29 is 19.5 Å². The zero-order valence-corrected chi connectivity index (χ0v) is 14.9. The Morgan fingerprint density at radius 1 is 1.12 bits per heavy atom. The van der Waals surface area contributed by atoms with Gasteiger partial charge < -0.3 is 15.7 Å². The summed E-state index contributed by atoms with van der Waals surface area (Å²) >= 11 is 0. The summed E-state index contributed by atoms with van der Waals surface area (Å²) in [6.45, 7) is 9.34. The number of amides is 2. The van der Waals surface area contributed by atoms with Crippen LogP contribution in [0.5, 0.6) is 0 Å². The lowest BCUT2D eigenvalue weighted by molar-refractivity contribution is -0.142. The molecule has 3 N–H and O–H groups in total. The number of carboxylic acids is 1. The molecule has 0 aromatic heterocycles. The van der Waals surface area contributed by atoms with Gasteiger partial charge >= 0.3 is 5.97 Å². The Bertz CT molecular complexity index is 632. The maximum atomic E-state index is 12.0. The Morgan fingerprint density at radius 3 is 2.25 bits per heavy atom. The number of benzene rings is 1. The van der Waals surface area contributed by atoms with Gasteiger partial charge in [0.05, 0.1) is 0 Å². The summed E-state index contributed by atoms with van der Waals surface area (Å²) in [6, 6.07) is 4.18.